The first-order valence-electron chi connectivity index (χ1n) is 32.9. The van der Waals surface area contributed by atoms with Crippen molar-refractivity contribution in [2.24, 2.45) is 0 Å². The normalized spacial score (nSPS) is 12.5. The summed E-state index contributed by atoms with van der Waals surface area (Å²) < 4.78 is 16.9. The Balaban J connectivity index is 4.40. The molecule has 0 aliphatic carbocycles. The van der Waals surface area contributed by atoms with Crippen LogP contribution < -0.4 is 0 Å². The van der Waals surface area contributed by atoms with Gasteiger partial charge in [0.25, 0.3) is 0 Å². The minimum absolute atomic E-state index is 0.101. The van der Waals surface area contributed by atoms with Crippen molar-refractivity contribution in [3.63, 3.8) is 0 Å². The zero-order valence-electron chi connectivity index (χ0n) is 50.5. The molecule has 76 heavy (non-hydrogen) atoms. The fraction of sp³-hybridized carbons (Fsp3) is 0.786. The molecule has 0 N–H and O–H groups in total. The summed E-state index contributed by atoms with van der Waals surface area (Å²) in [5.74, 6) is -0.966. The minimum Gasteiger partial charge on any atom is -0.462 e. The van der Waals surface area contributed by atoms with Crippen molar-refractivity contribution in [3.05, 3.63) is 72.9 Å². The highest BCUT2D eigenvalue weighted by Gasteiger charge is 2.19. The van der Waals surface area contributed by atoms with Crippen molar-refractivity contribution in [2.75, 3.05) is 13.2 Å². The van der Waals surface area contributed by atoms with Crippen molar-refractivity contribution in [3.8, 4) is 0 Å². The molecule has 0 bridgehead atoms. The zero-order chi connectivity index (χ0) is 55.0. The topological polar surface area (TPSA) is 78.9 Å². The Morgan fingerprint density at radius 1 is 0.276 bits per heavy atom. The van der Waals surface area contributed by atoms with Gasteiger partial charge in [0, 0.05) is 19.3 Å². The highest BCUT2D eigenvalue weighted by atomic mass is 16.6. The molecule has 1 atom stereocenters. The van der Waals surface area contributed by atoms with Gasteiger partial charge in [-0.1, -0.05) is 331 Å². The molecular weight excluding hydrogens is 937 g/mol. The van der Waals surface area contributed by atoms with Crippen LogP contribution in [0.3, 0.4) is 0 Å². The molecule has 440 valence electrons. The predicted molar refractivity (Wildman–Crippen MR) is 330 cm³/mol. The number of unbranched alkanes of at least 4 members (excludes halogenated alkanes) is 37. The largest absolute Gasteiger partial charge is 0.462 e. The van der Waals surface area contributed by atoms with Crippen LogP contribution in [0.4, 0.5) is 0 Å². The van der Waals surface area contributed by atoms with Crippen LogP contribution in [-0.4, -0.2) is 37.2 Å². The molecule has 0 aliphatic rings. The summed E-state index contributed by atoms with van der Waals surface area (Å²) in [6.07, 6.45) is 83.6. The van der Waals surface area contributed by atoms with Crippen molar-refractivity contribution >= 4 is 17.9 Å². The lowest BCUT2D eigenvalue weighted by molar-refractivity contribution is -0.166. The van der Waals surface area contributed by atoms with Crippen molar-refractivity contribution in [1.29, 1.82) is 0 Å². The molecule has 0 aromatic heterocycles. The number of hydrogen-bond acceptors (Lipinski definition) is 6. The SMILES string of the molecule is CC/C=C\C/C=C\C/C=C\C/C=C\C/C=C\C/C=C\CCC(=O)OC(COC(=O)CCCCCCCCCCCCCCCCCC)COC(=O)CCCCCCCCCCCCCCCCCCCCCCCCC. The van der Waals surface area contributed by atoms with E-state index in [1.807, 2.05) is 6.08 Å². The van der Waals surface area contributed by atoms with E-state index in [1.54, 1.807) is 0 Å². The van der Waals surface area contributed by atoms with Gasteiger partial charge in [-0.05, 0) is 57.8 Å². The standard InChI is InChI=1S/C70H124O6/c1-4-7-10-13-16-19-22-25-28-31-33-34-35-36-38-39-42-45-48-51-54-57-60-63-69(72)75-66-67(65-74-68(71)62-59-56-53-50-47-44-41-30-27-24-21-18-15-12-9-6-3)76-70(73)64-61-58-55-52-49-46-43-40-37-32-29-26-23-20-17-14-11-8-5-2/h8,11,17,20,26,29,37,40,46,49,55,58,67H,4-7,9-10,12-16,18-19,21-25,27-28,30-36,38-39,41-45,47-48,50-54,56-57,59-66H2,1-3H3/b11-8-,20-17-,29-26-,40-37-,49-46-,58-55-. The molecule has 0 fully saturated rings. The van der Waals surface area contributed by atoms with Gasteiger partial charge in [0.15, 0.2) is 6.10 Å². The van der Waals surface area contributed by atoms with Gasteiger partial charge in [-0.3, -0.25) is 14.4 Å². The van der Waals surface area contributed by atoms with E-state index in [0.29, 0.717) is 19.3 Å². The molecule has 0 saturated heterocycles. The smallest absolute Gasteiger partial charge is 0.306 e. The van der Waals surface area contributed by atoms with Crippen LogP contribution in [0.25, 0.3) is 0 Å². The molecule has 0 aliphatic heterocycles. The van der Waals surface area contributed by atoms with Gasteiger partial charge in [0.2, 0.25) is 0 Å². The van der Waals surface area contributed by atoms with Gasteiger partial charge in [-0.15, -0.1) is 0 Å². The average molecular weight is 1060 g/mol. The molecule has 6 nitrogen and oxygen atoms in total. The summed E-state index contributed by atoms with van der Waals surface area (Å²) in [7, 11) is 0. The Labute approximate surface area is 472 Å². The van der Waals surface area contributed by atoms with Crippen molar-refractivity contribution in [2.45, 2.75) is 341 Å². The van der Waals surface area contributed by atoms with E-state index in [0.717, 1.165) is 77.0 Å². The molecule has 1 unspecified atom stereocenters. The Morgan fingerprint density at radius 3 is 0.776 bits per heavy atom. The van der Waals surface area contributed by atoms with Crippen LogP contribution in [0.2, 0.25) is 0 Å². The van der Waals surface area contributed by atoms with Gasteiger partial charge < -0.3 is 14.2 Å². The highest BCUT2D eigenvalue weighted by molar-refractivity contribution is 5.71. The van der Waals surface area contributed by atoms with E-state index >= 15 is 0 Å². The summed E-state index contributed by atoms with van der Waals surface area (Å²) in [4.78, 5) is 38.3. The summed E-state index contributed by atoms with van der Waals surface area (Å²) in [5, 5.41) is 0. The number of rotatable bonds is 60. The van der Waals surface area contributed by atoms with Crippen molar-refractivity contribution in [1.82, 2.24) is 0 Å². The Kier molecular flexibility index (Phi) is 61.7. The lowest BCUT2D eigenvalue weighted by Crippen LogP contribution is -2.30. The summed E-state index contributed by atoms with van der Waals surface area (Å²) in [6, 6.07) is 0. The number of esters is 3. The van der Waals surface area contributed by atoms with Crippen molar-refractivity contribution < 1.29 is 28.6 Å². The maximum absolute atomic E-state index is 12.9. The summed E-state index contributed by atoms with van der Waals surface area (Å²) in [5.41, 5.74) is 0. The highest BCUT2D eigenvalue weighted by Crippen LogP contribution is 2.18. The molecular formula is C70H124O6. The Morgan fingerprint density at radius 2 is 0.513 bits per heavy atom. The first kappa shape index (κ1) is 72.8. The second kappa shape index (κ2) is 64.4. The van der Waals surface area contributed by atoms with Crippen LogP contribution in [0.1, 0.15) is 335 Å². The van der Waals surface area contributed by atoms with E-state index in [9.17, 15) is 14.4 Å². The van der Waals surface area contributed by atoms with E-state index in [4.69, 9.17) is 14.2 Å². The fourth-order valence-corrected chi connectivity index (χ4v) is 9.59. The summed E-state index contributed by atoms with van der Waals surface area (Å²) in [6.45, 7) is 6.52. The van der Waals surface area contributed by atoms with Crippen LogP contribution in [-0.2, 0) is 28.6 Å². The molecule has 6 heteroatoms. The van der Waals surface area contributed by atoms with E-state index < -0.39 is 6.10 Å². The molecule has 0 saturated carbocycles. The van der Waals surface area contributed by atoms with Gasteiger partial charge in [-0.2, -0.15) is 0 Å². The fourth-order valence-electron chi connectivity index (χ4n) is 9.59. The maximum atomic E-state index is 12.9. The van der Waals surface area contributed by atoms with Gasteiger partial charge in [0.1, 0.15) is 13.2 Å². The van der Waals surface area contributed by atoms with Crippen LogP contribution in [0.5, 0.6) is 0 Å². The number of hydrogen-bond donors (Lipinski definition) is 0. The zero-order valence-corrected chi connectivity index (χ0v) is 50.5. The third kappa shape index (κ3) is 61.7. The molecule has 0 aromatic carbocycles. The van der Waals surface area contributed by atoms with E-state index in [1.165, 1.54) is 212 Å². The van der Waals surface area contributed by atoms with E-state index in [2.05, 4.69) is 87.6 Å². The monoisotopic (exact) mass is 1060 g/mol. The second-order valence-corrected chi connectivity index (χ2v) is 22.0. The number of carbonyl (C=O) groups is 3. The quantitative estimate of drug-likeness (QED) is 0.0261. The predicted octanol–water partition coefficient (Wildman–Crippen LogP) is 22.5. The third-order valence-electron chi connectivity index (χ3n) is 14.5. The van der Waals surface area contributed by atoms with Crippen LogP contribution in [0.15, 0.2) is 72.9 Å². The van der Waals surface area contributed by atoms with E-state index in [-0.39, 0.29) is 37.5 Å². The molecule has 0 heterocycles. The molecule has 0 rings (SSSR count). The van der Waals surface area contributed by atoms with Gasteiger partial charge in [-0.25, -0.2) is 0 Å². The van der Waals surface area contributed by atoms with Gasteiger partial charge in [0.05, 0.1) is 0 Å². The summed E-state index contributed by atoms with van der Waals surface area (Å²) >= 11 is 0. The lowest BCUT2D eigenvalue weighted by Gasteiger charge is -2.18. The molecule has 0 aromatic rings. The Bertz CT molecular complexity index is 1400. The Hall–Kier alpha value is -3.15. The number of carbonyl (C=O) groups excluding carboxylic acids is 3. The first-order chi connectivity index (χ1) is 37.5. The van der Waals surface area contributed by atoms with Crippen LogP contribution >= 0.6 is 0 Å². The lowest BCUT2D eigenvalue weighted by atomic mass is 10.0. The first-order valence-corrected chi connectivity index (χ1v) is 32.9. The minimum atomic E-state index is -0.814. The average Bonchev–Trinajstić information content (AvgIpc) is 3.42. The second-order valence-electron chi connectivity index (χ2n) is 22.0. The molecule has 0 spiro atoms. The third-order valence-corrected chi connectivity index (χ3v) is 14.5. The molecule has 0 amide bonds. The maximum Gasteiger partial charge on any atom is 0.306 e. The number of allylic oxidation sites excluding steroid dienone is 12. The molecule has 0 radical (unpaired) electrons. The van der Waals surface area contributed by atoms with Gasteiger partial charge >= 0.3 is 17.9 Å². The number of ether oxygens (including phenoxy) is 3. The van der Waals surface area contributed by atoms with Crippen LogP contribution in [0, 0.1) is 0 Å².